The number of aromatic hydroxyl groups is 1. The van der Waals surface area contributed by atoms with Crippen LogP contribution in [0.3, 0.4) is 0 Å². The lowest BCUT2D eigenvalue weighted by molar-refractivity contribution is 0.113. The quantitative estimate of drug-likeness (QED) is 0.561. The second-order valence-corrected chi connectivity index (χ2v) is 4.41. The number of phenolic OH excluding ortho intramolecular Hbond substituents is 1. The van der Waals surface area contributed by atoms with Crippen LogP contribution < -0.4 is 0 Å². The van der Waals surface area contributed by atoms with E-state index in [0.29, 0.717) is 12.4 Å². The van der Waals surface area contributed by atoms with Gasteiger partial charge in [-0.1, -0.05) is 12.1 Å². The fraction of sp³-hybridized carbons (Fsp3) is 0.500. The fourth-order valence-corrected chi connectivity index (χ4v) is 2.01. The third kappa shape index (κ3) is 5.39. The lowest BCUT2D eigenvalue weighted by atomic mass is 10.3. The molecule has 0 heterocycles. The first-order valence-corrected chi connectivity index (χ1v) is 6.30. The number of benzene rings is 1. The maximum atomic E-state index is 9.51. The molecule has 0 saturated carbocycles. The first kappa shape index (κ1) is 13.4. The van der Waals surface area contributed by atoms with Crippen molar-refractivity contribution in [3.63, 3.8) is 0 Å². The number of methoxy groups -OCH3 is 1. The van der Waals surface area contributed by atoms with Gasteiger partial charge in [0.05, 0.1) is 6.61 Å². The number of thioether (sulfide) groups is 1. The maximum Gasteiger partial charge on any atom is 0.129 e. The molecule has 0 unspecified atom stereocenters. The van der Waals surface area contributed by atoms with Gasteiger partial charge in [0.1, 0.15) is 5.75 Å². The third-order valence-corrected chi connectivity index (χ3v) is 3.01. The first-order chi connectivity index (χ1) is 7.84. The van der Waals surface area contributed by atoms with Crippen molar-refractivity contribution in [2.45, 2.75) is 11.3 Å². The van der Waals surface area contributed by atoms with E-state index in [0.717, 1.165) is 30.3 Å². The van der Waals surface area contributed by atoms with Gasteiger partial charge in [0.15, 0.2) is 0 Å². The Labute approximate surface area is 101 Å². The van der Waals surface area contributed by atoms with Crippen LogP contribution in [0.2, 0.25) is 0 Å². The SMILES string of the molecule is COCCCOCCSc1ccccc1O. The number of hydrogen-bond acceptors (Lipinski definition) is 4. The zero-order chi connectivity index (χ0) is 11.6. The summed E-state index contributed by atoms with van der Waals surface area (Å²) in [6, 6.07) is 7.34. The molecule has 1 aromatic rings. The van der Waals surface area contributed by atoms with E-state index in [4.69, 9.17) is 9.47 Å². The minimum absolute atomic E-state index is 0.340. The molecule has 0 atom stereocenters. The van der Waals surface area contributed by atoms with Crippen LogP contribution >= 0.6 is 11.8 Å². The molecule has 16 heavy (non-hydrogen) atoms. The molecule has 0 bridgehead atoms. The molecule has 1 N–H and O–H groups in total. The third-order valence-electron chi connectivity index (χ3n) is 1.99. The molecule has 1 rings (SSSR count). The van der Waals surface area contributed by atoms with Crippen molar-refractivity contribution in [2.75, 3.05) is 32.7 Å². The Kier molecular flexibility index (Phi) is 7.05. The van der Waals surface area contributed by atoms with E-state index < -0.39 is 0 Å². The second kappa shape index (κ2) is 8.44. The van der Waals surface area contributed by atoms with Gasteiger partial charge in [-0.15, -0.1) is 11.8 Å². The van der Waals surface area contributed by atoms with Gasteiger partial charge in [-0.2, -0.15) is 0 Å². The number of para-hydroxylation sites is 1. The molecular formula is C12H18O3S. The Bertz CT molecular complexity index is 291. The van der Waals surface area contributed by atoms with Crippen LogP contribution in [-0.2, 0) is 9.47 Å². The number of hydrogen-bond donors (Lipinski definition) is 1. The molecule has 0 aliphatic carbocycles. The summed E-state index contributed by atoms with van der Waals surface area (Å²) in [5, 5.41) is 9.51. The number of rotatable bonds is 8. The number of ether oxygens (including phenoxy) is 2. The summed E-state index contributed by atoms with van der Waals surface area (Å²) >= 11 is 1.60. The van der Waals surface area contributed by atoms with Gasteiger partial charge >= 0.3 is 0 Å². The molecule has 0 aromatic heterocycles. The fourth-order valence-electron chi connectivity index (χ4n) is 1.20. The van der Waals surface area contributed by atoms with E-state index >= 15 is 0 Å². The Morgan fingerprint density at radius 2 is 2.00 bits per heavy atom. The predicted octanol–water partition coefficient (Wildman–Crippen LogP) is 2.54. The van der Waals surface area contributed by atoms with E-state index in [1.165, 1.54) is 0 Å². The van der Waals surface area contributed by atoms with E-state index in [1.54, 1.807) is 24.9 Å². The van der Waals surface area contributed by atoms with Crippen molar-refractivity contribution in [1.29, 1.82) is 0 Å². The lowest BCUT2D eigenvalue weighted by Gasteiger charge is -2.05. The summed E-state index contributed by atoms with van der Waals surface area (Å²) in [5.74, 6) is 1.19. The molecule has 0 amide bonds. The highest BCUT2D eigenvalue weighted by atomic mass is 32.2. The van der Waals surface area contributed by atoms with Gasteiger partial charge in [-0.3, -0.25) is 0 Å². The Hall–Kier alpha value is -0.710. The normalized spacial score (nSPS) is 10.6. The van der Waals surface area contributed by atoms with Crippen LogP contribution in [0.15, 0.2) is 29.2 Å². The molecule has 0 fully saturated rings. The molecule has 0 spiro atoms. The van der Waals surface area contributed by atoms with Crippen LogP contribution in [0, 0.1) is 0 Å². The van der Waals surface area contributed by atoms with Crippen LogP contribution in [-0.4, -0.2) is 37.8 Å². The van der Waals surface area contributed by atoms with Crippen molar-refractivity contribution in [3.8, 4) is 5.75 Å². The minimum Gasteiger partial charge on any atom is -0.507 e. The van der Waals surface area contributed by atoms with Gasteiger partial charge in [0.2, 0.25) is 0 Å². The van der Waals surface area contributed by atoms with Crippen molar-refractivity contribution in [1.82, 2.24) is 0 Å². The highest BCUT2D eigenvalue weighted by Crippen LogP contribution is 2.27. The number of phenols is 1. The van der Waals surface area contributed by atoms with E-state index in [-0.39, 0.29) is 0 Å². The van der Waals surface area contributed by atoms with Crippen molar-refractivity contribution < 1.29 is 14.6 Å². The summed E-state index contributed by atoms with van der Waals surface area (Å²) < 4.78 is 10.3. The molecule has 0 saturated heterocycles. The molecule has 90 valence electrons. The van der Waals surface area contributed by atoms with E-state index in [2.05, 4.69) is 0 Å². The average molecular weight is 242 g/mol. The Balaban J connectivity index is 2.05. The Morgan fingerprint density at radius 3 is 2.75 bits per heavy atom. The summed E-state index contributed by atoms with van der Waals surface area (Å²) in [4.78, 5) is 0.906. The van der Waals surface area contributed by atoms with E-state index in [1.807, 2.05) is 18.2 Å². The lowest BCUT2D eigenvalue weighted by Crippen LogP contribution is -2.02. The van der Waals surface area contributed by atoms with Gasteiger partial charge in [-0.25, -0.2) is 0 Å². The highest BCUT2D eigenvalue weighted by molar-refractivity contribution is 7.99. The van der Waals surface area contributed by atoms with Crippen molar-refractivity contribution in [2.24, 2.45) is 0 Å². The van der Waals surface area contributed by atoms with Crippen molar-refractivity contribution in [3.05, 3.63) is 24.3 Å². The minimum atomic E-state index is 0.340. The molecular weight excluding hydrogens is 224 g/mol. The largest absolute Gasteiger partial charge is 0.507 e. The molecule has 3 nitrogen and oxygen atoms in total. The topological polar surface area (TPSA) is 38.7 Å². The summed E-state index contributed by atoms with van der Waals surface area (Å²) in [5.41, 5.74) is 0. The predicted molar refractivity (Wildman–Crippen MR) is 66.1 cm³/mol. The molecule has 0 aliphatic rings. The molecule has 0 aliphatic heterocycles. The molecule has 1 aromatic carbocycles. The van der Waals surface area contributed by atoms with Gasteiger partial charge in [0.25, 0.3) is 0 Å². The summed E-state index contributed by atoms with van der Waals surface area (Å²) in [6.07, 6.45) is 0.928. The molecule has 4 heteroatoms. The standard InChI is InChI=1S/C12H18O3S/c1-14-7-4-8-15-9-10-16-12-6-3-2-5-11(12)13/h2-3,5-6,13H,4,7-10H2,1H3. The van der Waals surface area contributed by atoms with Crippen LogP contribution in [0.5, 0.6) is 5.75 Å². The molecule has 0 radical (unpaired) electrons. The summed E-state index contributed by atoms with van der Waals surface area (Å²) in [7, 11) is 1.69. The summed E-state index contributed by atoms with van der Waals surface area (Å²) in [6.45, 7) is 2.17. The average Bonchev–Trinajstić information content (AvgIpc) is 2.30. The first-order valence-electron chi connectivity index (χ1n) is 5.32. The van der Waals surface area contributed by atoms with E-state index in [9.17, 15) is 5.11 Å². The smallest absolute Gasteiger partial charge is 0.129 e. The van der Waals surface area contributed by atoms with Crippen molar-refractivity contribution >= 4 is 11.8 Å². The van der Waals surface area contributed by atoms with Gasteiger partial charge in [0, 0.05) is 31.0 Å². The monoisotopic (exact) mass is 242 g/mol. The van der Waals surface area contributed by atoms with Crippen LogP contribution in [0.25, 0.3) is 0 Å². The van der Waals surface area contributed by atoms with Crippen LogP contribution in [0.1, 0.15) is 6.42 Å². The van der Waals surface area contributed by atoms with Gasteiger partial charge < -0.3 is 14.6 Å². The second-order valence-electron chi connectivity index (χ2n) is 3.27. The van der Waals surface area contributed by atoms with Crippen LogP contribution in [0.4, 0.5) is 0 Å². The maximum absolute atomic E-state index is 9.51. The Morgan fingerprint density at radius 1 is 1.19 bits per heavy atom. The highest BCUT2D eigenvalue weighted by Gasteiger charge is 1.99. The van der Waals surface area contributed by atoms with Gasteiger partial charge in [-0.05, 0) is 18.6 Å². The zero-order valence-electron chi connectivity index (χ0n) is 9.52. The zero-order valence-corrected chi connectivity index (χ0v) is 10.3.